The van der Waals surface area contributed by atoms with E-state index in [1.54, 1.807) is 24.3 Å². The molecule has 2 amide bonds. The molecule has 0 bridgehead atoms. The van der Waals surface area contributed by atoms with Gasteiger partial charge in [-0.3, -0.25) is 0 Å². The standard InChI is InChI=1S/C27H24N6O/c1-19-18-32(15-16-33(19)27(34)29-22-13-11-20(17-28)12-14-22)26-24-10-6-5-9-23(24)25(30-31-26)21-7-3-2-4-8-21/h2-14,19H,15-16,18H2,1H3,(H,29,34)/t19-/m0/s1. The third-order valence-corrected chi connectivity index (χ3v) is 6.17. The van der Waals surface area contributed by atoms with Crippen molar-refractivity contribution in [1.29, 1.82) is 5.26 Å². The van der Waals surface area contributed by atoms with Gasteiger partial charge in [-0.05, 0) is 31.2 Å². The summed E-state index contributed by atoms with van der Waals surface area (Å²) >= 11 is 0. The van der Waals surface area contributed by atoms with Crippen molar-refractivity contribution in [3.63, 3.8) is 0 Å². The van der Waals surface area contributed by atoms with Gasteiger partial charge in [0.05, 0.1) is 11.6 Å². The molecule has 0 saturated carbocycles. The summed E-state index contributed by atoms with van der Waals surface area (Å²) in [7, 11) is 0. The number of nitriles is 1. The van der Waals surface area contributed by atoms with Gasteiger partial charge in [-0.15, -0.1) is 10.2 Å². The molecule has 4 aromatic rings. The van der Waals surface area contributed by atoms with Gasteiger partial charge in [-0.2, -0.15) is 5.26 Å². The molecule has 1 atom stereocenters. The summed E-state index contributed by atoms with van der Waals surface area (Å²) in [6.07, 6.45) is 0. The van der Waals surface area contributed by atoms with Gasteiger partial charge in [0.1, 0.15) is 5.69 Å². The number of rotatable bonds is 3. The summed E-state index contributed by atoms with van der Waals surface area (Å²) in [5.41, 5.74) is 3.14. The van der Waals surface area contributed by atoms with Crippen LogP contribution in [0.25, 0.3) is 22.0 Å². The quantitative estimate of drug-likeness (QED) is 0.481. The average molecular weight is 449 g/mol. The van der Waals surface area contributed by atoms with Crippen LogP contribution in [0.4, 0.5) is 16.3 Å². The molecule has 5 rings (SSSR count). The zero-order valence-corrected chi connectivity index (χ0v) is 18.8. The van der Waals surface area contributed by atoms with Crippen LogP contribution >= 0.6 is 0 Å². The number of hydrogen-bond donors (Lipinski definition) is 1. The zero-order chi connectivity index (χ0) is 23.5. The number of nitrogens with zero attached hydrogens (tertiary/aromatic N) is 5. The highest BCUT2D eigenvalue weighted by atomic mass is 16.2. The number of carbonyl (C=O) groups is 1. The van der Waals surface area contributed by atoms with E-state index in [2.05, 4.69) is 38.6 Å². The average Bonchev–Trinajstić information content (AvgIpc) is 2.89. The van der Waals surface area contributed by atoms with Gasteiger partial charge < -0.3 is 15.1 Å². The number of anilines is 2. The number of amides is 2. The lowest BCUT2D eigenvalue weighted by Gasteiger charge is -2.40. The number of fused-ring (bicyclic) bond motifs is 1. The highest BCUT2D eigenvalue weighted by Crippen LogP contribution is 2.32. The Kier molecular flexibility index (Phi) is 5.79. The van der Waals surface area contributed by atoms with E-state index in [1.165, 1.54) is 0 Å². The van der Waals surface area contributed by atoms with Crippen molar-refractivity contribution in [3.8, 4) is 17.3 Å². The van der Waals surface area contributed by atoms with E-state index in [-0.39, 0.29) is 12.1 Å². The molecule has 2 heterocycles. The van der Waals surface area contributed by atoms with Crippen molar-refractivity contribution in [2.24, 2.45) is 0 Å². The van der Waals surface area contributed by atoms with E-state index < -0.39 is 0 Å². The normalized spacial score (nSPS) is 15.7. The van der Waals surface area contributed by atoms with Crippen LogP contribution in [0.15, 0.2) is 78.9 Å². The minimum Gasteiger partial charge on any atom is -0.351 e. The SMILES string of the molecule is C[C@H]1CN(c2nnc(-c3ccccc3)c3ccccc23)CCN1C(=O)Nc1ccc(C#N)cc1. The molecule has 0 radical (unpaired) electrons. The second-order valence-electron chi connectivity index (χ2n) is 8.39. The Balaban J connectivity index is 1.35. The molecule has 168 valence electrons. The number of piperazine rings is 1. The van der Waals surface area contributed by atoms with Gasteiger partial charge in [0.2, 0.25) is 0 Å². The Morgan fingerprint density at radius 1 is 0.941 bits per heavy atom. The molecule has 0 spiro atoms. The predicted octanol–water partition coefficient (Wildman–Crippen LogP) is 4.91. The van der Waals surface area contributed by atoms with E-state index in [9.17, 15) is 4.79 Å². The molecular formula is C27H24N6O. The Morgan fingerprint density at radius 2 is 1.65 bits per heavy atom. The smallest absolute Gasteiger partial charge is 0.322 e. The molecule has 3 aromatic carbocycles. The summed E-state index contributed by atoms with van der Waals surface area (Å²) in [5.74, 6) is 0.842. The van der Waals surface area contributed by atoms with E-state index in [4.69, 9.17) is 5.26 Å². The summed E-state index contributed by atoms with van der Waals surface area (Å²) in [6.45, 7) is 3.93. The maximum atomic E-state index is 12.9. The largest absolute Gasteiger partial charge is 0.351 e. The number of urea groups is 1. The molecule has 1 N–H and O–H groups in total. The number of benzene rings is 3. The Morgan fingerprint density at radius 3 is 2.35 bits per heavy atom. The first-order chi connectivity index (χ1) is 16.6. The molecule has 7 nitrogen and oxygen atoms in total. The van der Waals surface area contributed by atoms with Crippen molar-refractivity contribution in [3.05, 3.63) is 84.4 Å². The number of nitrogens with one attached hydrogen (secondary N) is 1. The molecule has 7 heteroatoms. The Labute approximate surface area is 198 Å². The minimum absolute atomic E-state index is 0.0125. The van der Waals surface area contributed by atoms with Gasteiger partial charge in [0.25, 0.3) is 0 Å². The highest BCUT2D eigenvalue weighted by Gasteiger charge is 2.29. The lowest BCUT2D eigenvalue weighted by molar-refractivity contribution is 0.184. The monoisotopic (exact) mass is 448 g/mol. The van der Waals surface area contributed by atoms with E-state index in [0.29, 0.717) is 30.9 Å². The van der Waals surface area contributed by atoms with Crippen LogP contribution in [0.1, 0.15) is 12.5 Å². The van der Waals surface area contributed by atoms with Crippen molar-refractivity contribution in [2.75, 3.05) is 29.9 Å². The maximum Gasteiger partial charge on any atom is 0.322 e. The van der Waals surface area contributed by atoms with Gasteiger partial charge in [0, 0.05) is 47.7 Å². The number of aromatic nitrogens is 2. The van der Waals surface area contributed by atoms with Crippen molar-refractivity contribution in [2.45, 2.75) is 13.0 Å². The van der Waals surface area contributed by atoms with Crippen LogP contribution in [0, 0.1) is 11.3 Å². The second-order valence-corrected chi connectivity index (χ2v) is 8.39. The summed E-state index contributed by atoms with van der Waals surface area (Å²) < 4.78 is 0. The first-order valence-electron chi connectivity index (χ1n) is 11.3. The lowest BCUT2D eigenvalue weighted by Crippen LogP contribution is -2.55. The van der Waals surface area contributed by atoms with Crippen molar-refractivity contribution < 1.29 is 4.79 Å². The van der Waals surface area contributed by atoms with Crippen molar-refractivity contribution in [1.82, 2.24) is 15.1 Å². The van der Waals surface area contributed by atoms with Crippen LogP contribution in [-0.2, 0) is 0 Å². The Bertz CT molecular complexity index is 1360. The van der Waals surface area contributed by atoms with Crippen LogP contribution in [0.5, 0.6) is 0 Å². The molecule has 1 fully saturated rings. The summed E-state index contributed by atoms with van der Waals surface area (Å²) in [5, 5.41) is 23.2. The molecule has 34 heavy (non-hydrogen) atoms. The van der Waals surface area contributed by atoms with Crippen LogP contribution in [-0.4, -0.2) is 46.8 Å². The van der Waals surface area contributed by atoms with Gasteiger partial charge in [-0.1, -0.05) is 54.6 Å². The minimum atomic E-state index is -0.146. The first-order valence-corrected chi connectivity index (χ1v) is 11.3. The summed E-state index contributed by atoms with van der Waals surface area (Å²) in [4.78, 5) is 16.9. The van der Waals surface area contributed by atoms with Gasteiger partial charge in [0.15, 0.2) is 5.82 Å². The predicted molar refractivity (Wildman–Crippen MR) is 134 cm³/mol. The fraction of sp³-hybridized carbons (Fsp3) is 0.185. The third kappa shape index (κ3) is 4.14. The molecule has 1 aliphatic rings. The van der Waals surface area contributed by atoms with Crippen LogP contribution in [0.3, 0.4) is 0 Å². The molecule has 0 aliphatic carbocycles. The highest BCUT2D eigenvalue weighted by molar-refractivity contribution is 6.00. The molecule has 0 unspecified atom stereocenters. The molecule has 1 aromatic heterocycles. The maximum absolute atomic E-state index is 12.9. The van der Waals surface area contributed by atoms with E-state index in [0.717, 1.165) is 27.8 Å². The summed E-state index contributed by atoms with van der Waals surface area (Å²) in [6, 6.07) is 27.1. The lowest BCUT2D eigenvalue weighted by atomic mass is 10.0. The second kappa shape index (κ2) is 9.20. The fourth-order valence-corrected chi connectivity index (χ4v) is 4.41. The van der Waals surface area contributed by atoms with Crippen molar-refractivity contribution >= 4 is 28.3 Å². The topological polar surface area (TPSA) is 85.2 Å². The van der Waals surface area contributed by atoms with Gasteiger partial charge in [-0.25, -0.2) is 4.79 Å². The molecular weight excluding hydrogens is 424 g/mol. The third-order valence-electron chi connectivity index (χ3n) is 6.17. The fourth-order valence-electron chi connectivity index (χ4n) is 4.41. The first kappa shape index (κ1) is 21.4. The van der Waals surface area contributed by atoms with E-state index >= 15 is 0 Å². The van der Waals surface area contributed by atoms with E-state index in [1.807, 2.05) is 54.3 Å². The Hall–Kier alpha value is -4.44. The number of hydrogen-bond acceptors (Lipinski definition) is 5. The molecule has 1 aliphatic heterocycles. The zero-order valence-electron chi connectivity index (χ0n) is 18.8. The molecule has 1 saturated heterocycles. The van der Waals surface area contributed by atoms with Gasteiger partial charge >= 0.3 is 6.03 Å². The van der Waals surface area contributed by atoms with Crippen LogP contribution in [0.2, 0.25) is 0 Å². The number of carbonyl (C=O) groups excluding carboxylic acids is 1. The van der Waals surface area contributed by atoms with Crippen LogP contribution < -0.4 is 10.2 Å².